The highest BCUT2D eigenvalue weighted by Crippen LogP contribution is 2.21. The summed E-state index contributed by atoms with van der Waals surface area (Å²) >= 11 is 0. The molecule has 3 aromatic rings. The van der Waals surface area contributed by atoms with Crippen molar-refractivity contribution in [2.45, 2.75) is 18.9 Å². The Kier molecular flexibility index (Phi) is 4.85. The Hall–Kier alpha value is -3.18. The summed E-state index contributed by atoms with van der Waals surface area (Å²) in [6.45, 7) is 0.636. The molecule has 0 radical (unpaired) electrons. The predicted octanol–water partition coefficient (Wildman–Crippen LogP) is 4.21. The quantitative estimate of drug-likeness (QED) is 0.732. The van der Waals surface area contributed by atoms with Gasteiger partial charge >= 0.3 is 0 Å². The molecule has 1 aliphatic rings. The van der Waals surface area contributed by atoms with Crippen LogP contribution < -0.4 is 10.6 Å². The van der Waals surface area contributed by atoms with E-state index in [0.717, 1.165) is 23.6 Å². The average molecular weight is 360 g/mol. The molecule has 1 fully saturated rings. The Morgan fingerprint density at radius 3 is 2.30 bits per heavy atom. The molecule has 0 saturated carbocycles. The monoisotopic (exact) mass is 360 g/mol. The van der Waals surface area contributed by atoms with Crippen molar-refractivity contribution in [3.63, 3.8) is 0 Å². The van der Waals surface area contributed by atoms with E-state index in [1.807, 2.05) is 42.5 Å². The fraction of sp³-hybridized carbons (Fsp3) is 0.182. The summed E-state index contributed by atoms with van der Waals surface area (Å²) in [5.41, 5.74) is 1.98. The molecule has 136 valence electrons. The van der Waals surface area contributed by atoms with Crippen molar-refractivity contribution in [3.8, 4) is 0 Å². The molecule has 0 aliphatic carbocycles. The zero-order valence-electron chi connectivity index (χ0n) is 14.8. The topological polar surface area (TPSA) is 67.4 Å². The van der Waals surface area contributed by atoms with Crippen molar-refractivity contribution in [1.29, 1.82) is 0 Å². The highest BCUT2D eigenvalue weighted by atomic mass is 16.5. The minimum absolute atomic E-state index is 0.125. The van der Waals surface area contributed by atoms with Crippen LogP contribution in [0.1, 0.15) is 23.2 Å². The van der Waals surface area contributed by atoms with E-state index in [1.165, 1.54) is 0 Å². The van der Waals surface area contributed by atoms with Gasteiger partial charge in [-0.2, -0.15) is 0 Å². The highest BCUT2D eigenvalue weighted by molar-refractivity contribution is 6.13. The van der Waals surface area contributed by atoms with E-state index >= 15 is 0 Å². The van der Waals surface area contributed by atoms with E-state index in [-0.39, 0.29) is 17.9 Å². The average Bonchev–Trinajstić information content (AvgIpc) is 3.24. The summed E-state index contributed by atoms with van der Waals surface area (Å²) in [7, 11) is 0. The van der Waals surface area contributed by atoms with Gasteiger partial charge in [-0.05, 0) is 53.9 Å². The van der Waals surface area contributed by atoms with Gasteiger partial charge in [0.1, 0.15) is 6.10 Å². The maximum Gasteiger partial charge on any atom is 0.256 e. The predicted molar refractivity (Wildman–Crippen MR) is 106 cm³/mol. The van der Waals surface area contributed by atoms with Gasteiger partial charge < -0.3 is 15.4 Å². The number of fused-ring (bicyclic) bond motifs is 1. The standard InChI is InChI=1S/C22H20N2O3/c25-21(19-8-3-6-15-5-1-2-7-18(15)19)23-16-10-12-17(13-11-16)24-22(26)20-9-4-14-27-20/h1-3,5-8,10-13,20H,4,9,14H2,(H,23,25)(H,24,26). The SMILES string of the molecule is O=C(Nc1ccc(NC(=O)C2CCCO2)cc1)c1cccc2ccccc12. The summed E-state index contributed by atoms with van der Waals surface area (Å²) in [4.78, 5) is 24.7. The molecule has 27 heavy (non-hydrogen) atoms. The number of carbonyl (C=O) groups excluding carboxylic acids is 2. The van der Waals surface area contributed by atoms with Crippen molar-refractivity contribution in [3.05, 3.63) is 72.3 Å². The number of amides is 2. The molecule has 0 bridgehead atoms. The summed E-state index contributed by atoms with van der Waals surface area (Å²) in [5.74, 6) is -0.289. The van der Waals surface area contributed by atoms with E-state index in [2.05, 4.69) is 10.6 Å². The molecule has 5 heteroatoms. The zero-order chi connectivity index (χ0) is 18.6. The van der Waals surface area contributed by atoms with Crippen LogP contribution in [0, 0.1) is 0 Å². The zero-order valence-corrected chi connectivity index (χ0v) is 14.8. The fourth-order valence-corrected chi connectivity index (χ4v) is 3.27. The Morgan fingerprint density at radius 1 is 0.852 bits per heavy atom. The second-order valence-electron chi connectivity index (χ2n) is 6.55. The number of hydrogen-bond donors (Lipinski definition) is 2. The molecule has 0 aromatic heterocycles. The molecule has 1 heterocycles. The van der Waals surface area contributed by atoms with Crippen LogP contribution in [-0.4, -0.2) is 24.5 Å². The third-order valence-electron chi connectivity index (χ3n) is 4.67. The van der Waals surface area contributed by atoms with Crippen molar-refractivity contribution < 1.29 is 14.3 Å². The van der Waals surface area contributed by atoms with Gasteiger partial charge in [-0.1, -0.05) is 36.4 Å². The van der Waals surface area contributed by atoms with Gasteiger partial charge in [0.2, 0.25) is 0 Å². The molecule has 5 nitrogen and oxygen atoms in total. The first kappa shape index (κ1) is 17.2. The first-order valence-corrected chi connectivity index (χ1v) is 9.02. The first-order valence-electron chi connectivity index (χ1n) is 9.02. The summed E-state index contributed by atoms with van der Waals surface area (Å²) in [5, 5.41) is 7.69. The van der Waals surface area contributed by atoms with Crippen LogP contribution in [0.5, 0.6) is 0 Å². The van der Waals surface area contributed by atoms with Crippen LogP contribution >= 0.6 is 0 Å². The van der Waals surface area contributed by atoms with Gasteiger partial charge in [-0.3, -0.25) is 9.59 Å². The smallest absolute Gasteiger partial charge is 0.256 e. The Balaban J connectivity index is 1.45. The maximum absolute atomic E-state index is 12.7. The molecule has 3 aromatic carbocycles. The lowest BCUT2D eigenvalue weighted by molar-refractivity contribution is -0.124. The van der Waals surface area contributed by atoms with Crippen LogP contribution in [0.15, 0.2) is 66.7 Å². The number of hydrogen-bond acceptors (Lipinski definition) is 3. The lowest BCUT2D eigenvalue weighted by Gasteiger charge is -2.11. The minimum atomic E-state index is -0.365. The number of carbonyl (C=O) groups is 2. The fourth-order valence-electron chi connectivity index (χ4n) is 3.27. The molecule has 2 amide bonds. The van der Waals surface area contributed by atoms with Gasteiger partial charge in [0.15, 0.2) is 0 Å². The number of nitrogens with one attached hydrogen (secondary N) is 2. The van der Waals surface area contributed by atoms with Gasteiger partial charge in [0.25, 0.3) is 11.8 Å². The number of rotatable bonds is 4. The lowest BCUT2D eigenvalue weighted by Crippen LogP contribution is -2.26. The van der Waals surface area contributed by atoms with E-state index in [0.29, 0.717) is 23.5 Å². The molecule has 2 N–H and O–H groups in total. The van der Waals surface area contributed by atoms with Crippen LogP contribution in [-0.2, 0) is 9.53 Å². The molecular weight excluding hydrogens is 340 g/mol. The normalized spacial score (nSPS) is 16.2. The second-order valence-corrected chi connectivity index (χ2v) is 6.55. The third kappa shape index (κ3) is 3.83. The van der Waals surface area contributed by atoms with Crippen molar-refractivity contribution in [2.75, 3.05) is 17.2 Å². The highest BCUT2D eigenvalue weighted by Gasteiger charge is 2.23. The van der Waals surface area contributed by atoms with Gasteiger partial charge in [-0.25, -0.2) is 0 Å². The first-order chi connectivity index (χ1) is 13.2. The van der Waals surface area contributed by atoms with Gasteiger partial charge in [0.05, 0.1) is 0 Å². The molecule has 1 unspecified atom stereocenters. The Morgan fingerprint density at radius 2 is 1.56 bits per heavy atom. The van der Waals surface area contributed by atoms with Gasteiger partial charge in [0, 0.05) is 23.5 Å². The molecule has 1 atom stereocenters. The van der Waals surface area contributed by atoms with Gasteiger partial charge in [-0.15, -0.1) is 0 Å². The van der Waals surface area contributed by atoms with Crippen molar-refractivity contribution in [2.24, 2.45) is 0 Å². The van der Waals surface area contributed by atoms with Crippen LogP contribution in [0.25, 0.3) is 10.8 Å². The van der Waals surface area contributed by atoms with E-state index < -0.39 is 0 Å². The largest absolute Gasteiger partial charge is 0.368 e. The van der Waals surface area contributed by atoms with E-state index in [4.69, 9.17) is 4.74 Å². The maximum atomic E-state index is 12.7. The molecular formula is C22H20N2O3. The second kappa shape index (κ2) is 7.60. The Labute approximate surface area is 157 Å². The van der Waals surface area contributed by atoms with E-state index in [1.54, 1.807) is 24.3 Å². The van der Waals surface area contributed by atoms with Crippen molar-refractivity contribution in [1.82, 2.24) is 0 Å². The lowest BCUT2D eigenvalue weighted by atomic mass is 10.0. The van der Waals surface area contributed by atoms with Crippen LogP contribution in [0.3, 0.4) is 0 Å². The summed E-state index contributed by atoms with van der Waals surface area (Å²) in [6, 6.07) is 20.6. The number of anilines is 2. The van der Waals surface area contributed by atoms with Crippen LogP contribution in [0.2, 0.25) is 0 Å². The molecule has 1 saturated heterocycles. The number of ether oxygens (including phenoxy) is 1. The summed E-state index contributed by atoms with van der Waals surface area (Å²) in [6.07, 6.45) is 1.30. The molecule has 1 aliphatic heterocycles. The third-order valence-corrected chi connectivity index (χ3v) is 4.67. The van der Waals surface area contributed by atoms with Crippen LogP contribution in [0.4, 0.5) is 11.4 Å². The summed E-state index contributed by atoms with van der Waals surface area (Å²) < 4.78 is 5.38. The van der Waals surface area contributed by atoms with Crippen molar-refractivity contribution >= 4 is 34.0 Å². The molecule has 0 spiro atoms. The minimum Gasteiger partial charge on any atom is -0.368 e. The van der Waals surface area contributed by atoms with E-state index in [9.17, 15) is 9.59 Å². The molecule has 4 rings (SSSR count). The Bertz CT molecular complexity index is 971. The number of benzene rings is 3.